The molecule has 1 amide bonds. The van der Waals surface area contributed by atoms with Crippen molar-refractivity contribution in [3.05, 3.63) is 47.9 Å². The molecule has 0 bridgehead atoms. The van der Waals surface area contributed by atoms with Gasteiger partial charge in [0.1, 0.15) is 17.7 Å². The summed E-state index contributed by atoms with van der Waals surface area (Å²) >= 11 is 0. The maximum atomic E-state index is 12.3. The second-order valence-corrected chi connectivity index (χ2v) is 10.6. The molecule has 14 heteroatoms. The van der Waals surface area contributed by atoms with E-state index in [0.717, 1.165) is 16.7 Å². The van der Waals surface area contributed by atoms with Crippen LogP contribution in [0.5, 0.6) is 5.75 Å². The number of alkyl carbamates (subject to hydrolysis) is 1. The number of aryl methyl sites for hydroxylation is 1. The van der Waals surface area contributed by atoms with Crippen LogP contribution in [-0.4, -0.2) is 53.4 Å². The number of hydrogen-bond donors (Lipinski definition) is 1. The van der Waals surface area contributed by atoms with Crippen molar-refractivity contribution in [3.8, 4) is 17.0 Å². The molecule has 0 saturated heterocycles. The van der Waals surface area contributed by atoms with Gasteiger partial charge in [0.25, 0.3) is 0 Å². The zero-order chi connectivity index (χ0) is 27.4. The number of benzene rings is 1. The van der Waals surface area contributed by atoms with Crippen molar-refractivity contribution in [2.75, 3.05) is 13.2 Å². The van der Waals surface area contributed by atoms with Crippen LogP contribution in [0.3, 0.4) is 0 Å². The van der Waals surface area contributed by atoms with Gasteiger partial charge >= 0.3 is 21.7 Å². The molecule has 0 aliphatic heterocycles. The minimum Gasteiger partial charge on any atom is -0.492 e. The van der Waals surface area contributed by atoms with Gasteiger partial charge in [-0.15, -0.1) is 0 Å². The van der Waals surface area contributed by atoms with Crippen molar-refractivity contribution in [3.63, 3.8) is 0 Å². The van der Waals surface area contributed by atoms with Crippen molar-refractivity contribution in [2.24, 2.45) is 0 Å². The van der Waals surface area contributed by atoms with Crippen LogP contribution in [0, 0.1) is 6.92 Å². The van der Waals surface area contributed by atoms with Crippen LogP contribution in [0.2, 0.25) is 0 Å². The Kier molecular flexibility index (Phi) is 8.32. The lowest BCUT2D eigenvalue weighted by Crippen LogP contribution is -2.32. The van der Waals surface area contributed by atoms with E-state index in [2.05, 4.69) is 19.6 Å². The molecule has 0 fully saturated rings. The Bertz CT molecular complexity index is 1370. The standard InChI is InChI=1S/C23H27F3N4O6S/c1-15-10-16(6-7-17(15)12-27-21(31)36-22(2,3)4)20-19-11-18(13-30(19)29-14-28-20)34-8-5-9-35-37(32,33)23(24,25)26/h6-7,10-11,13-14H,5,8-9,12H2,1-4H3,(H,27,31). The van der Waals surface area contributed by atoms with E-state index in [4.69, 9.17) is 9.47 Å². The zero-order valence-electron chi connectivity index (χ0n) is 20.6. The van der Waals surface area contributed by atoms with E-state index >= 15 is 0 Å². The second-order valence-electron chi connectivity index (χ2n) is 9.03. The highest BCUT2D eigenvalue weighted by Crippen LogP contribution is 2.28. The van der Waals surface area contributed by atoms with Gasteiger partial charge in [-0.05, 0) is 44.9 Å². The van der Waals surface area contributed by atoms with Crippen LogP contribution in [0.15, 0.2) is 36.8 Å². The SMILES string of the molecule is Cc1cc(-c2ncnn3cc(OCCCOS(=O)(=O)C(F)(F)F)cc23)ccc1CNC(=O)OC(C)(C)C. The number of amides is 1. The lowest BCUT2D eigenvalue weighted by Gasteiger charge is -2.20. The summed E-state index contributed by atoms with van der Waals surface area (Å²) in [5, 5.41) is 6.87. The molecule has 0 spiro atoms. The second kappa shape index (κ2) is 10.9. The van der Waals surface area contributed by atoms with Crippen molar-refractivity contribution >= 4 is 21.7 Å². The summed E-state index contributed by atoms with van der Waals surface area (Å²) in [4.78, 5) is 16.3. The predicted molar refractivity (Wildman–Crippen MR) is 127 cm³/mol. The number of halogens is 3. The number of fused-ring (bicyclic) bond motifs is 1. The summed E-state index contributed by atoms with van der Waals surface area (Å²) in [6, 6.07) is 7.31. The number of hydrogen-bond acceptors (Lipinski definition) is 8. The maximum Gasteiger partial charge on any atom is 0.523 e. The quantitative estimate of drug-likeness (QED) is 0.240. The molecule has 0 atom stereocenters. The Hall–Kier alpha value is -3.39. The Morgan fingerprint density at radius 3 is 2.51 bits per heavy atom. The molecule has 1 aromatic carbocycles. The molecule has 10 nitrogen and oxygen atoms in total. The first-order valence-corrected chi connectivity index (χ1v) is 12.6. The van der Waals surface area contributed by atoms with E-state index < -0.39 is 33.9 Å². The fourth-order valence-corrected chi connectivity index (χ4v) is 3.69. The normalized spacial score (nSPS) is 12.5. The lowest BCUT2D eigenvalue weighted by atomic mass is 10.0. The highest BCUT2D eigenvalue weighted by atomic mass is 32.2. The number of carbonyl (C=O) groups excluding carboxylic acids is 1. The fourth-order valence-electron chi connectivity index (χ4n) is 3.21. The Balaban J connectivity index is 1.65. The van der Waals surface area contributed by atoms with E-state index in [1.807, 2.05) is 25.1 Å². The van der Waals surface area contributed by atoms with Crippen molar-refractivity contribution in [1.29, 1.82) is 0 Å². The summed E-state index contributed by atoms with van der Waals surface area (Å²) in [5.74, 6) is 0.371. The summed E-state index contributed by atoms with van der Waals surface area (Å²) in [7, 11) is -5.63. The van der Waals surface area contributed by atoms with Gasteiger partial charge in [-0.1, -0.05) is 12.1 Å². The molecule has 0 saturated carbocycles. The number of nitrogens with one attached hydrogen (secondary N) is 1. The molecule has 2 aromatic heterocycles. The van der Waals surface area contributed by atoms with E-state index in [0.29, 0.717) is 17.0 Å². The first-order chi connectivity index (χ1) is 17.2. The number of rotatable bonds is 9. The molecule has 1 N–H and O–H groups in total. The molecular weight excluding hydrogens is 517 g/mol. The van der Waals surface area contributed by atoms with Crippen LogP contribution in [0.1, 0.15) is 38.3 Å². The first-order valence-electron chi connectivity index (χ1n) is 11.1. The van der Waals surface area contributed by atoms with Gasteiger partial charge in [0, 0.05) is 24.6 Å². The van der Waals surface area contributed by atoms with Crippen LogP contribution in [-0.2, 0) is 25.6 Å². The van der Waals surface area contributed by atoms with Crippen molar-refractivity contribution < 1.29 is 40.0 Å². The number of alkyl halides is 3. The van der Waals surface area contributed by atoms with Gasteiger partial charge in [-0.3, -0.25) is 4.18 Å². The van der Waals surface area contributed by atoms with Gasteiger partial charge in [0.15, 0.2) is 0 Å². The molecule has 3 rings (SSSR count). The summed E-state index contributed by atoms with van der Waals surface area (Å²) < 4.78 is 74.9. The first kappa shape index (κ1) is 28.2. The summed E-state index contributed by atoms with van der Waals surface area (Å²) in [6.07, 6.45) is 2.34. The van der Waals surface area contributed by atoms with E-state index in [1.165, 1.54) is 10.8 Å². The molecule has 2 heterocycles. The molecule has 0 aliphatic rings. The number of nitrogens with zero attached hydrogens (tertiary/aromatic N) is 3. The smallest absolute Gasteiger partial charge is 0.492 e. The van der Waals surface area contributed by atoms with Gasteiger partial charge in [-0.2, -0.15) is 26.7 Å². The molecule has 0 radical (unpaired) electrons. The van der Waals surface area contributed by atoms with Gasteiger partial charge in [0.05, 0.1) is 30.6 Å². The average Bonchev–Trinajstić information content (AvgIpc) is 3.19. The Morgan fingerprint density at radius 1 is 1.14 bits per heavy atom. The van der Waals surface area contributed by atoms with Crippen LogP contribution in [0.4, 0.5) is 18.0 Å². The lowest BCUT2D eigenvalue weighted by molar-refractivity contribution is -0.0544. The molecular formula is C23H27F3N4O6S. The molecule has 202 valence electrons. The van der Waals surface area contributed by atoms with Crippen molar-refractivity contribution in [2.45, 2.75) is 51.8 Å². The van der Waals surface area contributed by atoms with Crippen LogP contribution < -0.4 is 10.1 Å². The monoisotopic (exact) mass is 544 g/mol. The van der Waals surface area contributed by atoms with Gasteiger partial charge in [0.2, 0.25) is 0 Å². The number of ether oxygens (including phenoxy) is 2. The molecule has 0 aliphatic carbocycles. The third-order valence-electron chi connectivity index (χ3n) is 4.90. The van der Waals surface area contributed by atoms with Gasteiger partial charge in [-0.25, -0.2) is 14.3 Å². The van der Waals surface area contributed by atoms with E-state index in [9.17, 15) is 26.4 Å². The largest absolute Gasteiger partial charge is 0.523 e. The zero-order valence-corrected chi connectivity index (χ0v) is 21.4. The highest BCUT2D eigenvalue weighted by Gasteiger charge is 2.47. The predicted octanol–water partition coefficient (Wildman–Crippen LogP) is 4.36. The Morgan fingerprint density at radius 2 is 1.86 bits per heavy atom. The van der Waals surface area contributed by atoms with Gasteiger partial charge < -0.3 is 14.8 Å². The minimum atomic E-state index is -5.63. The third-order valence-corrected chi connectivity index (χ3v) is 5.94. The van der Waals surface area contributed by atoms with Crippen molar-refractivity contribution in [1.82, 2.24) is 19.9 Å². The number of aromatic nitrogens is 3. The van der Waals surface area contributed by atoms with E-state index in [1.54, 1.807) is 33.0 Å². The highest BCUT2D eigenvalue weighted by molar-refractivity contribution is 7.87. The molecule has 0 unspecified atom stereocenters. The summed E-state index contributed by atoms with van der Waals surface area (Å²) in [5.41, 5.74) is -2.22. The summed E-state index contributed by atoms with van der Waals surface area (Å²) in [6.45, 7) is 6.80. The maximum absolute atomic E-state index is 12.3. The number of carbonyl (C=O) groups is 1. The Labute approximate surface area is 211 Å². The van der Waals surface area contributed by atoms with Crippen LogP contribution in [0.25, 0.3) is 16.8 Å². The minimum absolute atomic E-state index is 0.0779. The van der Waals surface area contributed by atoms with E-state index in [-0.39, 0.29) is 19.6 Å². The topological polar surface area (TPSA) is 121 Å². The molecule has 3 aromatic rings. The fraction of sp³-hybridized carbons (Fsp3) is 0.435. The average molecular weight is 545 g/mol. The molecule has 37 heavy (non-hydrogen) atoms. The van der Waals surface area contributed by atoms with Crippen LogP contribution >= 0.6 is 0 Å². The third kappa shape index (κ3) is 7.55.